The van der Waals surface area contributed by atoms with E-state index in [-0.39, 0.29) is 0 Å². The highest BCUT2D eigenvalue weighted by atomic mass is 35.5. The van der Waals surface area contributed by atoms with E-state index >= 15 is 0 Å². The van der Waals surface area contributed by atoms with Gasteiger partial charge in [0.1, 0.15) is 0 Å². The minimum Gasteiger partial charge on any atom is -0.396 e. The maximum absolute atomic E-state index is 5.97. The van der Waals surface area contributed by atoms with Crippen LogP contribution in [0.15, 0.2) is 18.2 Å². The summed E-state index contributed by atoms with van der Waals surface area (Å²) in [6, 6.07) is 5.73. The lowest BCUT2D eigenvalue weighted by Gasteiger charge is -2.22. The normalized spacial score (nSPS) is 17.3. The Morgan fingerprint density at radius 3 is 2.88 bits per heavy atom. The summed E-state index contributed by atoms with van der Waals surface area (Å²) in [7, 11) is 0. The average molecular weight is 257 g/mol. The van der Waals surface area contributed by atoms with E-state index in [0.717, 1.165) is 18.2 Å². The van der Waals surface area contributed by atoms with E-state index in [0.29, 0.717) is 10.7 Å². The zero-order valence-electron chi connectivity index (χ0n) is 9.21. The summed E-state index contributed by atoms with van der Waals surface area (Å²) in [5.41, 5.74) is 7.52. The summed E-state index contributed by atoms with van der Waals surface area (Å²) >= 11 is 8.02. The topological polar surface area (TPSA) is 38.0 Å². The molecule has 0 atom stereocenters. The number of rotatable bonds is 3. The number of para-hydroxylation sites is 1. The van der Waals surface area contributed by atoms with Crippen LogP contribution in [0.2, 0.25) is 5.02 Å². The summed E-state index contributed by atoms with van der Waals surface area (Å²) in [5.74, 6) is 3.36. The minimum absolute atomic E-state index is 0.629. The smallest absolute Gasteiger partial charge is 0.0739 e. The average Bonchev–Trinajstić information content (AvgIpc) is 2.32. The Kier molecular flexibility index (Phi) is 4.24. The van der Waals surface area contributed by atoms with E-state index < -0.39 is 0 Å². The molecule has 0 bridgehead atoms. The molecule has 1 aliphatic heterocycles. The van der Waals surface area contributed by atoms with Crippen molar-refractivity contribution in [2.75, 3.05) is 29.1 Å². The molecule has 0 aliphatic carbocycles. The molecule has 1 aromatic carbocycles. The van der Waals surface area contributed by atoms with Crippen molar-refractivity contribution in [2.45, 2.75) is 12.8 Å². The van der Waals surface area contributed by atoms with Crippen LogP contribution in [-0.2, 0) is 0 Å². The minimum atomic E-state index is 0.629. The summed E-state index contributed by atoms with van der Waals surface area (Å²) in [6.45, 7) is 1.01. The molecule has 1 aliphatic rings. The molecule has 2 nitrogen and oxygen atoms in total. The molecule has 0 radical (unpaired) electrons. The van der Waals surface area contributed by atoms with Gasteiger partial charge in [-0.2, -0.15) is 11.8 Å². The highest BCUT2D eigenvalue weighted by molar-refractivity contribution is 7.99. The highest BCUT2D eigenvalue weighted by Crippen LogP contribution is 2.28. The van der Waals surface area contributed by atoms with Crippen LogP contribution >= 0.6 is 23.4 Å². The van der Waals surface area contributed by atoms with Crippen molar-refractivity contribution in [3.8, 4) is 0 Å². The molecular formula is C12H17ClN2S. The van der Waals surface area contributed by atoms with Crippen molar-refractivity contribution in [1.29, 1.82) is 0 Å². The second-order valence-corrected chi connectivity index (χ2v) is 5.77. The quantitative estimate of drug-likeness (QED) is 0.814. The van der Waals surface area contributed by atoms with E-state index in [1.54, 1.807) is 0 Å². The van der Waals surface area contributed by atoms with Crippen LogP contribution in [0.4, 0.5) is 11.4 Å². The third-order valence-corrected chi connectivity index (χ3v) is 4.35. The van der Waals surface area contributed by atoms with Gasteiger partial charge in [0, 0.05) is 6.54 Å². The number of thioether (sulfide) groups is 1. The molecule has 1 aromatic rings. The monoisotopic (exact) mass is 256 g/mol. The SMILES string of the molecule is Nc1c(Cl)cccc1NCC1CCSCC1. The first-order valence-corrected chi connectivity index (χ1v) is 7.16. The first-order valence-electron chi connectivity index (χ1n) is 5.63. The highest BCUT2D eigenvalue weighted by Gasteiger charge is 2.13. The lowest BCUT2D eigenvalue weighted by molar-refractivity contribution is 0.516. The molecule has 1 saturated heterocycles. The molecule has 2 rings (SSSR count). The molecule has 0 unspecified atom stereocenters. The maximum Gasteiger partial charge on any atom is 0.0739 e. The number of nitrogen functional groups attached to an aromatic ring is 1. The van der Waals surface area contributed by atoms with E-state index in [1.807, 2.05) is 18.2 Å². The van der Waals surface area contributed by atoms with Gasteiger partial charge < -0.3 is 11.1 Å². The molecule has 0 amide bonds. The van der Waals surface area contributed by atoms with E-state index in [9.17, 15) is 0 Å². The fraction of sp³-hybridized carbons (Fsp3) is 0.500. The number of nitrogens with two attached hydrogens (primary N) is 1. The van der Waals surface area contributed by atoms with Gasteiger partial charge in [0.2, 0.25) is 0 Å². The zero-order valence-corrected chi connectivity index (χ0v) is 10.8. The first-order chi connectivity index (χ1) is 7.77. The molecule has 0 saturated carbocycles. The maximum atomic E-state index is 5.97. The first kappa shape index (κ1) is 11.9. The van der Waals surface area contributed by atoms with Crippen LogP contribution in [0, 0.1) is 5.92 Å². The Bertz CT molecular complexity index is 351. The standard InChI is InChI=1S/C12H17ClN2S/c13-10-2-1-3-11(12(10)14)15-8-9-4-6-16-7-5-9/h1-3,9,15H,4-8,14H2. The van der Waals surface area contributed by atoms with Gasteiger partial charge in [0.25, 0.3) is 0 Å². The second-order valence-electron chi connectivity index (χ2n) is 4.14. The molecule has 16 heavy (non-hydrogen) atoms. The number of nitrogens with one attached hydrogen (secondary N) is 1. The molecular weight excluding hydrogens is 240 g/mol. The summed E-state index contributed by atoms with van der Waals surface area (Å²) < 4.78 is 0. The molecule has 1 fully saturated rings. The number of hydrogen-bond acceptors (Lipinski definition) is 3. The lowest BCUT2D eigenvalue weighted by Crippen LogP contribution is -2.19. The van der Waals surface area contributed by atoms with Crippen LogP contribution < -0.4 is 11.1 Å². The van der Waals surface area contributed by atoms with E-state index in [1.165, 1.54) is 24.3 Å². The van der Waals surface area contributed by atoms with Gasteiger partial charge in [-0.15, -0.1) is 0 Å². The van der Waals surface area contributed by atoms with Crippen LogP contribution in [0.25, 0.3) is 0 Å². The lowest BCUT2D eigenvalue weighted by atomic mass is 10.0. The van der Waals surface area contributed by atoms with Crippen LogP contribution in [0.3, 0.4) is 0 Å². The molecule has 1 heterocycles. The van der Waals surface area contributed by atoms with Gasteiger partial charge in [-0.25, -0.2) is 0 Å². The Labute approximate surface area is 106 Å². The number of hydrogen-bond donors (Lipinski definition) is 2. The number of benzene rings is 1. The molecule has 88 valence electrons. The Balaban J connectivity index is 1.91. The molecule has 0 spiro atoms. The molecule has 0 aromatic heterocycles. The summed E-state index contributed by atoms with van der Waals surface area (Å²) in [5, 5.41) is 4.03. The van der Waals surface area contributed by atoms with Crippen molar-refractivity contribution in [1.82, 2.24) is 0 Å². The van der Waals surface area contributed by atoms with Gasteiger partial charge in [0.15, 0.2) is 0 Å². The Morgan fingerprint density at radius 1 is 1.38 bits per heavy atom. The second kappa shape index (κ2) is 5.69. The fourth-order valence-corrected chi connectivity index (χ4v) is 3.27. The van der Waals surface area contributed by atoms with Crippen molar-refractivity contribution < 1.29 is 0 Å². The van der Waals surface area contributed by atoms with Gasteiger partial charge in [-0.1, -0.05) is 17.7 Å². The van der Waals surface area contributed by atoms with Gasteiger partial charge in [-0.05, 0) is 42.4 Å². The van der Waals surface area contributed by atoms with Crippen molar-refractivity contribution >= 4 is 34.7 Å². The summed E-state index contributed by atoms with van der Waals surface area (Å²) in [6.07, 6.45) is 2.61. The number of anilines is 2. The van der Waals surface area contributed by atoms with E-state index in [4.69, 9.17) is 17.3 Å². The van der Waals surface area contributed by atoms with Crippen molar-refractivity contribution in [3.05, 3.63) is 23.2 Å². The van der Waals surface area contributed by atoms with Gasteiger partial charge in [-0.3, -0.25) is 0 Å². The molecule has 3 N–H and O–H groups in total. The largest absolute Gasteiger partial charge is 0.396 e. The van der Waals surface area contributed by atoms with Crippen molar-refractivity contribution in [3.63, 3.8) is 0 Å². The molecule has 4 heteroatoms. The van der Waals surface area contributed by atoms with Crippen LogP contribution in [-0.4, -0.2) is 18.1 Å². The third-order valence-electron chi connectivity index (χ3n) is 2.97. The Hall–Kier alpha value is -0.540. The third kappa shape index (κ3) is 2.98. The number of halogens is 1. The predicted octanol–water partition coefficient (Wildman–Crippen LogP) is 3.48. The predicted molar refractivity (Wildman–Crippen MR) is 74.4 cm³/mol. The van der Waals surface area contributed by atoms with Crippen molar-refractivity contribution in [2.24, 2.45) is 5.92 Å². The zero-order chi connectivity index (χ0) is 11.4. The van der Waals surface area contributed by atoms with Gasteiger partial charge in [0.05, 0.1) is 16.4 Å². The summed E-state index contributed by atoms with van der Waals surface area (Å²) in [4.78, 5) is 0. The van der Waals surface area contributed by atoms with Crippen LogP contribution in [0.5, 0.6) is 0 Å². The fourth-order valence-electron chi connectivity index (χ4n) is 1.90. The van der Waals surface area contributed by atoms with Gasteiger partial charge >= 0.3 is 0 Å². The van der Waals surface area contributed by atoms with E-state index in [2.05, 4.69) is 17.1 Å². The van der Waals surface area contributed by atoms with Crippen LogP contribution in [0.1, 0.15) is 12.8 Å². The Morgan fingerprint density at radius 2 is 2.12 bits per heavy atom.